The number of benzene rings is 1. The second kappa shape index (κ2) is 4.11. The molecule has 0 bridgehead atoms. The molecule has 0 aromatic heterocycles. The lowest BCUT2D eigenvalue weighted by molar-refractivity contribution is -0.137. The van der Waals surface area contributed by atoms with Crippen LogP contribution in [-0.4, -0.2) is 13.1 Å². The molecule has 0 atom stereocenters. The Labute approximate surface area is 95.9 Å². The van der Waals surface area contributed by atoms with E-state index < -0.39 is 11.7 Å². The molecule has 0 spiro atoms. The van der Waals surface area contributed by atoms with Crippen LogP contribution in [-0.2, 0) is 6.18 Å². The monoisotopic (exact) mass is 247 g/mol. The maximum atomic E-state index is 12.8. The summed E-state index contributed by atoms with van der Waals surface area (Å²) in [4.78, 5) is 0. The molecule has 0 fully saturated rings. The molecule has 0 saturated carbocycles. The molecule has 0 saturated heterocycles. The van der Waals surface area contributed by atoms with E-state index in [1.807, 2.05) is 0 Å². The second-order valence-corrected chi connectivity index (χ2v) is 3.93. The molecule has 2 rings (SSSR count). The van der Waals surface area contributed by atoms with Gasteiger partial charge in [-0.2, -0.15) is 13.2 Å². The van der Waals surface area contributed by atoms with Gasteiger partial charge in [-0.25, -0.2) is 0 Å². The molecule has 0 unspecified atom stereocenters. The van der Waals surface area contributed by atoms with Crippen LogP contribution in [0.4, 0.5) is 13.2 Å². The molecule has 0 radical (unpaired) electrons. The van der Waals surface area contributed by atoms with Crippen molar-refractivity contribution in [3.05, 3.63) is 40.4 Å². The first-order valence-electron chi connectivity index (χ1n) is 4.76. The summed E-state index contributed by atoms with van der Waals surface area (Å²) in [6, 6.07) is 4.25. The van der Waals surface area contributed by atoms with E-state index in [9.17, 15) is 13.2 Å². The molecule has 1 nitrogen and oxygen atoms in total. The first-order chi connectivity index (χ1) is 7.50. The van der Waals surface area contributed by atoms with Crippen molar-refractivity contribution in [2.24, 2.45) is 0 Å². The van der Waals surface area contributed by atoms with E-state index in [1.54, 1.807) is 6.08 Å². The molecule has 0 amide bonds. The molecule has 1 aliphatic rings. The quantitative estimate of drug-likeness (QED) is 0.803. The maximum absolute atomic E-state index is 12.8. The number of hydrogen-bond donors (Lipinski definition) is 1. The zero-order valence-corrected chi connectivity index (χ0v) is 8.99. The lowest BCUT2D eigenvalue weighted by Gasteiger charge is -2.14. The van der Waals surface area contributed by atoms with Crippen molar-refractivity contribution >= 4 is 17.2 Å². The van der Waals surface area contributed by atoms with Crippen molar-refractivity contribution < 1.29 is 13.2 Å². The first-order valence-corrected chi connectivity index (χ1v) is 5.14. The maximum Gasteiger partial charge on any atom is 0.418 e. The lowest BCUT2D eigenvalue weighted by Crippen LogP contribution is -2.12. The van der Waals surface area contributed by atoms with Crippen molar-refractivity contribution in [3.8, 4) is 0 Å². The number of halogens is 4. The van der Waals surface area contributed by atoms with Crippen LogP contribution in [0.3, 0.4) is 0 Å². The van der Waals surface area contributed by atoms with E-state index in [2.05, 4.69) is 5.32 Å². The van der Waals surface area contributed by atoms with E-state index in [-0.39, 0.29) is 10.6 Å². The molecule has 16 heavy (non-hydrogen) atoms. The Bertz CT molecular complexity index is 437. The summed E-state index contributed by atoms with van der Waals surface area (Å²) in [5, 5.41) is 2.71. The van der Waals surface area contributed by atoms with Crippen LogP contribution in [0.5, 0.6) is 0 Å². The number of nitrogens with one attached hydrogen (secondary N) is 1. The van der Waals surface area contributed by atoms with Crippen LogP contribution < -0.4 is 5.32 Å². The van der Waals surface area contributed by atoms with Gasteiger partial charge in [0.25, 0.3) is 0 Å². The predicted octanol–water partition coefficient (Wildman–Crippen LogP) is 3.35. The minimum Gasteiger partial charge on any atom is -0.309 e. The van der Waals surface area contributed by atoms with Crippen molar-refractivity contribution in [1.82, 2.24) is 5.32 Å². The SMILES string of the molecule is FC(F)(F)c1c(Cl)cccc1C1=CCNC1. The fourth-order valence-electron chi connectivity index (χ4n) is 1.76. The lowest BCUT2D eigenvalue weighted by atomic mass is 10.00. The Kier molecular flexibility index (Phi) is 2.95. The van der Waals surface area contributed by atoms with Gasteiger partial charge >= 0.3 is 6.18 Å². The molecule has 5 heteroatoms. The van der Waals surface area contributed by atoms with Crippen LogP contribution in [0, 0.1) is 0 Å². The van der Waals surface area contributed by atoms with E-state index in [0.717, 1.165) is 0 Å². The minimum atomic E-state index is -4.42. The summed E-state index contributed by atoms with van der Waals surface area (Å²) < 4.78 is 38.5. The Balaban J connectivity index is 2.57. The van der Waals surface area contributed by atoms with Crippen LogP contribution in [0.15, 0.2) is 24.3 Å². The third-order valence-electron chi connectivity index (χ3n) is 2.45. The van der Waals surface area contributed by atoms with Crippen molar-refractivity contribution in [2.45, 2.75) is 6.18 Å². The highest BCUT2D eigenvalue weighted by atomic mass is 35.5. The molecule has 86 valence electrons. The smallest absolute Gasteiger partial charge is 0.309 e. The topological polar surface area (TPSA) is 12.0 Å². The Morgan fingerprint density at radius 2 is 2.00 bits per heavy atom. The second-order valence-electron chi connectivity index (χ2n) is 3.52. The van der Waals surface area contributed by atoms with Crippen molar-refractivity contribution in [1.29, 1.82) is 0 Å². The molecule has 0 aliphatic carbocycles. The van der Waals surface area contributed by atoms with Crippen molar-refractivity contribution in [3.63, 3.8) is 0 Å². The fraction of sp³-hybridized carbons (Fsp3) is 0.273. The van der Waals surface area contributed by atoms with Gasteiger partial charge in [-0.1, -0.05) is 29.8 Å². The molecular weight excluding hydrogens is 239 g/mol. The van der Waals surface area contributed by atoms with Gasteiger partial charge in [0, 0.05) is 13.1 Å². The highest BCUT2D eigenvalue weighted by Gasteiger charge is 2.36. The van der Waals surface area contributed by atoms with Crippen LogP contribution in [0.1, 0.15) is 11.1 Å². The summed E-state index contributed by atoms with van der Waals surface area (Å²) in [5.74, 6) is 0. The number of hydrogen-bond acceptors (Lipinski definition) is 1. The fourth-order valence-corrected chi connectivity index (χ4v) is 2.04. The van der Waals surface area contributed by atoms with Gasteiger partial charge in [0.2, 0.25) is 0 Å². The van der Waals surface area contributed by atoms with Gasteiger partial charge in [0.1, 0.15) is 0 Å². The summed E-state index contributed by atoms with van der Waals surface area (Å²) in [7, 11) is 0. The molecule has 1 aromatic rings. The Morgan fingerprint density at radius 3 is 2.56 bits per heavy atom. The summed E-state index contributed by atoms with van der Waals surface area (Å²) in [5.41, 5.74) is 0.0754. The van der Waals surface area contributed by atoms with Crippen molar-refractivity contribution in [2.75, 3.05) is 13.1 Å². The van der Waals surface area contributed by atoms with Gasteiger partial charge < -0.3 is 5.32 Å². The molecule has 1 aliphatic heterocycles. The Morgan fingerprint density at radius 1 is 1.25 bits per heavy atom. The largest absolute Gasteiger partial charge is 0.418 e. The highest BCUT2D eigenvalue weighted by Crippen LogP contribution is 2.39. The van der Waals surface area contributed by atoms with E-state index in [0.29, 0.717) is 18.7 Å². The average molecular weight is 248 g/mol. The third kappa shape index (κ3) is 2.08. The highest BCUT2D eigenvalue weighted by molar-refractivity contribution is 6.31. The van der Waals surface area contributed by atoms with E-state index in [1.165, 1.54) is 18.2 Å². The number of alkyl halides is 3. The molecule has 1 heterocycles. The van der Waals surface area contributed by atoms with Crippen LogP contribution >= 0.6 is 11.6 Å². The van der Waals surface area contributed by atoms with Crippen LogP contribution in [0.2, 0.25) is 5.02 Å². The normalized spacial score (nSPS) is 16.4. The first kappa shape index (κ1) is 11.5. The van der Waals surface area contributed by atoms with Gasteiger partial charge in [-0.05, 0) is 17.2 Å². The minimum absolute atomic E-state index is 0.171. The van der Waals surface area contributed by atoms with E-state index in [4.69, 9.17) is 11.6 Å². The summed E-state index contributed by atoms with van der Waals surface area (Å²) in [6.45, 7) is 1.04. The van der Waals surface area contributed by atoms with Gasteiger partial charge in [0.15, 0.2) is 0 Å². The summed E-state index contributed by atoms with van der Waals surface area (Å²) >= 11 is 5.62. The zero-order valence-electron chi connectivity index (χ0n) is 8.24. The van der Waals surface area contributed by atoms with Crippen LogP contribution in [0.25, 0.3) is 5.57 Å². The Hall–Kier alpha value is -1.00. The van der Waals surface area contributed by atoms with Gasteiger partial charge in [-0.15, -0.1) is 0 Å². The molecule has 1 aromatic carbocycles. The van der Waals surface area contributed by atoms with E-state index >= 15 is 0 Å². The zero-order chi connectivity index (χ0) is 11.8. The molecular formula is C11H9ClF3N. The van der Waals surface area contributed by atoms with Gasteiger partial charge in [-0.3, -0.25) is 0 Å². The number of rotatable bonds is 1. The summed E-state index contributed by atoms with van der Waals surface area (Å²) in [6.07, 6.45) is -2.67. The third-order valence-corrected chi connectivity index (χ3v) is 2.77. The standard InChI is InChI=1S/C11H9ClF3N/c12-9-3-1-2-8(7-4-5-16-6-7)10(9)11(13,14)15/h1-4,16H,5-6H2. The van der Waals surface area contributed by atoms with Gasteiger partial charge in [0.05, 0.1) is 10.6 Å². The predicted molar refractivity (Wildman–Crippen MR) is 57.3 cm³/mol. The molecule has 1 N–H and O–H groups in total. The average Bonchev–Trinajstić information content (AvgIpc) is 2.67.